The van der Waals surface area contributed by atoms with Gasteiger partial charge >= 0.3 is 0 Å². The van der Waals surface area contributed by atoms with Crippen LogP contribution in [0.25, 0.3) is 21.0 Å². The van der Waals surface area contributed by atoms with E-state index in [-0.39, 0.29) is 11.5 Å². The fourth-order valence-corrected chi connectivity index (χ4v) is 5.26. The summed E-state index contributed by atoms with van der Waals surface area (Å²) in [6.07, 6.45) is 1.49. The van der Waals surface area contributed by atoms with Crippen molar-refractivity contribution in [2.24, 2.45) is 7.05 Å². The van der Waals surface area contributed by atoms with Gasteiger partial charge in [0, 0.05) is 25.1 Å². The zero-order valence-electron chi connectivity index (χ0n) is 16.3. The highest BCUT2D eigenvalue weighted by molar-refractivity contribution is 7.98. The van der Waals surface area contributed by atoms with E-state index < -0.39 is 0 Å². The predicted molar refractivity (Wildman–Crippen MR) is 122 cm³/mol. The van der Waals surface area contributed by atoms with E-state index in [0.717, 1.165) is 11.5 Å². The number of fused-ring (bicyclic) bond motifs is 2. The van der Waals surface area contributed by atoms with Gasteiger partial charge in [-0.3, -0.25) is 9.59 Å². The molecule has 0 unspecified atom stereocenters. The minimum absolute atomic E-state index is 0.117. The standard InChI is InChI=1S/C22H21N3O2S2/c1-14-18-21(24-13-25(2)22(18)27)29-19(14)20(26)23-10-11-28-12-16-8-5-7-15-6-3-4-9-17(15)16/h3-9,13H,10-12H2,1-2H3,(H,23,26). The first kappa shape index (κ1) is 19.7. The largest absolute Gasteiger partial charge is 0.351 e. The maximum absolute atomic E-state index is 12.6. The Morgan fingerprint density at radius 2 is 2.00 bits per heavy atom. The fraction of sp³-hybridized carbons (Fsp3) is 0.227. The van der Waals surface area contributed by atoms with Crippen LogP contribution in [-0.2, 0) is 12.8 Å². The third-order valence-electron chi connectivity index (χ3n) is 4.89. The Kier molecular flexibility index (Phi) is 5.69. The second-order valence-electron chi connectivity index (χ2n) is 6.84. The van der Waals surface area contributed by atoms with E-state index in [0.29, 0.717) is 27.2 Å². The van der Waals surface area contributed by atoms with Gasteiger partial charge < -0.3 is 9.88 Å². The summed E-state index contributed by atoms with van der Waals surface area (Å²) in [7, 11) is 1.67. The highest BCUT2D eigenvalue weighted by Crippen LogP contribution is 2.26. The van der Waals surface area contributed by atoms with Gasteiger partial charge in [0.15, 0.2) is 0 Å². The van der Waals surface area contributed by atoms with Gasteiger partial charge in [-0.05, 0) is 28.8 Å². The molecule has 5 nitrogen and oxygen atoms in total. The number of benzene rings is 2. The van der Waals surface area contributed by atoms with Crippen molar-refractivity contribution in [2.45, 2.75) is 12.7 Å². The Morgan fingerprint density at radius 3 is 2.86 bits per heavy atom. The molecule has 0 radical (unpaired) electrons. The Bertz CT molecular complexity index is 1250. The van der Waals surface area contributed by atoms with Crippen LogP contribution in [0.5, 0.6) is 0 Å². The molecule has 4 aromatic rings. The first-order valence-electron chi connectivity index (χ1n) is 9.33. The van der Waals surface area contributed by atoms with Crippen molar-refractivity contribution in [1.29, 1.82) is 0 Å². The van der Waals surface area contributed by atoms with E-state index in [1.54, 1.807) is 18.8 Å². The number of carbonyl (C=O) groups excluding carboxylic acids is 1. The summed E-state index contributed by atoms with van der Waals surface area (Å²) in [4.78, 5) is 30.3. The van der Waals surface area contributed by atoms with E-state index in [4.69, 9.17) is 0 Å². The molecule has 1 N–H and O–H groups in total. The van der Waals surface area contributed by atoms with E-state index in [2.05, 4.69) is 52.8 Å². The van der Waals surface area contributed by atoms with Crippen molar-refractivity contribution >= 4 is 50.0 Å². The molecule has 4 rings (SSSR count). The number of hydrogen-bond acceptors (Lipinski definition) is 5. The molecule has 0 bridgehead atoms. The van der Waals surface area contributed by atoms with Crippen molar-refractivity contribution in [3.8, 4) is 0 Å². The normalized spacial score (nSPS) is 11.2. The zero-order chi connectivity index (χ0) is 20.4. The Labute approximate surface area is 176 Å². The second kappa shape index (κ2) is 8.39. The monoisotopic (exact) mass is 423 g/mol. The van der Waals surface area contributed by atoms with Gasteiger partial charge in [-0.25, -0.2) is 4.98 Å². The third kappa shape index (κ3) is 3.93. The zero-order valence-corrected chi connectivity index (χ0v) is 17.9. The van der Waals surface area contributed by atoms with Gasteiger partial charge in [-0.15, -0.1) is 11.3 Å². The molecular formula is C22H21N3O2S2. The van der Waals surface area contributed by atoms with Gasteiger partial charge in [-0.1, -0.05) is 42.5 Å². The van der Waals surface area contributed by atoms with Crippen LogP contribution in [-0.4, -0.2) is 27.8 Å². The van der Waals surface area contributed by atoms with Gasteiger partial charge in [0.2, 0.25) is 0 Å². The highest BCUT2D eigenvalue weighted by Gasteiger charge is 2.18. The first-order valence-corrected chi connectivity index (χ1v) is 11.3. The molecule has 0 spiro atoms. The maximum atomic E-state index is 12.6. The lowest BCUT2D eigenvalue weighted by atomic mass is 10.1. The van der Waals surface area contributed by atoms with Crippen LogP contribution in [0.2, 0.25) is 0 Å². The van der Waals surface area contributed by atoms with Gasteiger partial charge in [0.05, 0.1) is 16.6 Å². The Balaban J connectivity index is 1.36. The number of carbonyl (C=O) groups is 1. The SMILES string of the molecule is Cc1c(C(=O)NCCSCc2cccc3ccccc23)sc2ncn(C)c(=O)c12. The number of thiophene rings is 1. The summed E-state index contributed by atoms with van der Waals surface area (Å²) in [5.74, 6) is 1.58. The third-order valence-corrected chi connectivity index (χ3v) is 7.09. The van der Waals surface area contributed by atoms with Crippen LogP contribution in [0.4, 0.5) is 0 Å². The molecule has 29 heavy (non-hydrogen) atoms. The average molecular weight is 424 g/mol. The van der Waals surface area contributed by atoms with E-state index >= 15 is 0 Å². The average Bonchev–Trinajstić information content (AvgIpc) is 3.07. The van der Waals surface area contributed by atoms with Crippen molar-refractivity contribution in [2.75, 3.05) is 12.3 Å². The van der Waals surface area contributed by atoms with Crippen LogP contribution in [0.15, 0.2) is 53.6 Å². The van der Waals surface area contributed by atoms with Crippen molar-refractivity contribution in [1.82, 2.24) is 14.9 Å². The number of thioether (sulfide) groups is 1. The number of nitrogens with one attached hydrogen (secondary N) is 1. The lowest BCUT2D eigenvalue weighted by Gasteiger charge is -2.07. The molecular weight excluding hydrogens is 402 g/mol. The Morgan fingerprint density at radius 1 is 1.21 bits per heavy atom. The number of aryl methyl sites for hydroxylation is 2. The van der Waals surface area contributed by atoms with Gasteiger partial charge in [0.25, 0.3) is 11.5 Å². The summed E-state index contributed by atoms with van der Waals surface area (Å²) in [6, 6.07) is 14.8. The van der Waals surface area contributed by atoms with Crippen molar-refractivity contribution in [3.63, 3.8) is 0 Å². The summed E-state index contributed by atoms with van der Waals surface area (Å²) in [6.45, 7) is 2.39. The number of rotatable bonds is 6. The molecule has 1 amide bonds. The number of hydrogen-bond donors (Lipinski definition) is 1. The molecule has 0 saturated carbocycles. The molecule has 0 atom stereocenters. The minimum Gasteiger partial charge on any atom is -0.351 e. The molecule has 2 aromatic heterocycles. The van der Waals surface area contributed by atoms with Gasteiger partial charge in [0.1, 0.15) is 4.83 Å². The maximum Gasteiger partial charge on any atom is 0.262 e. The summed E-state index contributed by atoms with van der Waals surface area (Å²) in [5.41, 5.74) is 1.90. The quantitative estimate of drug-likeness (QED) is 0.474. The molecule has 2 heterocycles. The van der Waals surface area contributed by atoms with E-state index in [1.165, 1.54) is 38.6 Å². The summed E-state index contributed by atoms with van der Waals surface area (Å²) >= 11 is 3.07. The van der Waals surface area contributed by atoms with Crippen molar-refractivity contribution in [3.05, 3.63) is 75.1 Å². The molecule has 0 saturated heterocycles. The van der Waals surface area contributed by atoms with Crippen molar-refractivity contribution < 1.29 is 4.79 Å². The number of aromatic nitrogens is 2. The van der Waals surface area contributed by atoms with Crippen LogP contribution < -0.4 is 10.9 Å². The van der Waals surface area contributed by atoms with Crippen LogP contribution in [0.1, 0.15) is 20.8 Å². The van der Waals surface area contributed by atoms with Crippen LogP contribution >= 0.6 is 23.1 Å². The summed E-state index contributed by atoms with van der Waals surface area (Å²) in [5, 5.41) is 6.04. The molecule has 148 valence electrons. The topological polar surface area (TPSA) is 64.0 Å². The Hall–Kier alpha value is -2.64. The van der Waals surface area contributed by atoms with Crippen LogP contribution in [0.3, 0.4) is 0 Å². The second-order valence-corrected chi connectivity index (χ2v) is 8.95. The lowest BCUT2D eigenvalue weighted by molar-refractivity contribution is 0.0960. The highest BCUT2D eigenvalue weighted by atomic mass is 32.2. The molecule has 0 aliphatic rings. The lowest BCUT2D eigenvalue weighted by Crippen LogP contribution is -2.25. The molecule has 0 aliphatic carbocycles. The molecule has 7 heteroatoms. The molecule has 0 fully saturated rings. The smallest absolute Gasteiger partial charge is 0.262 e. The van der Waals surface area contributed by atoms with E-state index in [1.807, 2.05) is 6.92 Å². The molecule has 2 aromatic carbocycles. The van der Waals surface area contributed by atoms with Gasteiger partial charge in [-0.2, -0.15) is 11.8 Å². The number of nitrogens with zero attached hydrogens (tertiary/aromatic N) is 2. The fourth-order valence-electron chi connectivity index (χ4n) is 3.34. The number of amides is 1. The minimum atomic E-state index is -0.140. The first-order chi connectivity index (χ1) is 14.1. The predicted octanol–water partition coefficient (Wildman–Crippen LogP) is 4.12. The van der Waals surface area contributed by atoms with Crippen LogP contribution in [0, 0.1) is 6.92 Å². The summed E-state index contributed by atoms with van der Waals surface area (Å²) < 4.78 is 1.44. The molecule has 0 aliphatic heterocycles. The van der Waals surface area contributed by atoms with E-state index in [9.17, 15) is 9.59 Å².